The van der Waals surface area contributed by atoms with Crippen molar-refractivity contribution in [2.75, 3.05) is 0 Å². The summed E-state index contributed by atoms with van der Waals surface area (Å²) in [6.45, 7) is 0. The molecular weight excluding hydrogens is 253 g/mol. The number of aryl methyl sites for hydroxylation is 1. The van der Waals surface area contributed by atoms with Crippen molar-refractivity contribution in [2.45, 2.75) is 25.3 Å². The number of halogens is 1. The molecule has 0 heterocycles. The predicted molar refractivity (Wildman–Crippen MR) is 76.1 cm³/mol. The number of fused-ring (bicyclic) bond motifs is 1. The Balaban J connectivity index is 1.71. The van der Waals surface area contributed by atoms with Gasteiger partial charge in [0.1, 0.15) is 5.82 Å². The fourth-order valence-corrected chi connectivity index (χ4v) is 2.73. The number of nitrogens with one attached hydrogen (secondary N) is 1. The molecule has 0 aromatic heterocycles. The number of hydrogen-bond acceptors (Lipinski definition) is 1. The molecule has 3 rings (SSSR count). The minimum Gasteiger partial charge on any atom is -0.349 e. The zero-order chi connectivity index (χ0) is 13.9. The van der Waals surface area contributed by atoms with Crippen molar-refractivity contribution in [1.82, 2.24) is 5.32 Å². The van der Waals surface area contributed by atoms with Crippen LogP contribution in [0.4, 0.5) is 4.39 Å². The van der Waals surface area contributed by atoms with Crippen molar-refractivity contribution in [3.05, 3.63) is 71.0 Å². The Morgan fingerprint density at radius 2 is 1.75 bits per heavy atom. The van der Waals surface area contributed by atoms with Crippen LogP contribution in [0.5, 0.6) is 0 Å². The van der Waals surface area contributed by atoms with Gasteiger partial charge in [0.15, 0.2) is 0 Å². The van der Waals surface area contributed by atoms with Crippen LogP contribution in [0.1, 0.15) is 27.9 Å². The monoisotopic (exact) mass is 269 g/mol. The standard InChI is InChI=1S/C17H16FNO/c18-16-8-4-3-7-15(16)17(20)19-14-10-9-12-5-1-2-6-13(12)11-14/h1-8,14H,9-11H2,(H,19,20). The van der Waals surface area contributed by atoms with Gasteiger partial charge in [-0.3, -0.25) is 4.79 Å². The molecule has 0 fully saturated rings. The Labute approximate surface area is 117 Å². The topological polar surface area (TPSA) is 29.1 Å². The van der Waals surface area contributed by atoms with E-state index in [1.54, 1.807) is 12.1 Å². The van der Waals surface area contributed by atoms with Crippen LogP contribution in [-0.4, -0.2) is 11.9 Å². The van der Waals surface area contributed by atoms with Crippen LogP contribution in [0.3, 0.4) is 0 Å². The van der Waals surface area contributed by atoms with Crippen molar-refractivity contribution in [2.24, 2.45) is 0 Å². The molecule has 0 radical (unpaired) electrons. The Morgan fingerprint density at radius 3 is 2.55 bits per heavy atom. The molecule has 1 aliphatic rings. The highest BCUT2D eigenvalue weighted by Gasteiger charge is 2.21. The fourth-order valence-electron chi connectivity index (χ4n) is 2.73. The lowest BCUT2D eigenvalue weighted by Gasteiger charge is -2.25. The molecule has 1 aliphatic carbocycles. The lowest BCUT2D eigenvalue weighted by atomic mass is 9.88. The Hall–Kier alpha value is -2.16. The van der Waals surface area contributed by atoms with E-state index in [9.17, 15) is 9.18 Å². The first-order valence-corrected chi connectivity index (χ1v) is 6.86. The smallest absolute Gasteiger partial charge is 0.254 e. The van der Waals surface area contributed by atoms with E-state index in [-0.39, 0.29) is 17.5 Å². The molecule has 2 nitrogen and oxygen atoms in total. The molecule has 0 saturated heterocycles. The maximum Gasteiger partial charge on any atom is 0.254 e. The summed E-state index contributed by atoms with van der Waals surface area (Å²) in [6, 6.07) is 14.4. The van der Waals surface area contributed by atoms with Crippen LogP contribution in [-0.2, 0) is 12.8 Å². The highest BCUT2D eigenvalue weighted by atomic mass is 19.1. The van der Waals surface area contributed by atoms with Crippen LogP contribution >= 0.6 is 0 Å². The summed E-state index contributed by atoms with van der Waals surface area (Å²) in [6.07, 6.45) is 2.67. The highest BCUT2D eigenvalue weighted by Crippen LogP contribution is 2.21. The zero-order valence-corrected chi connectivity index (χ0v) is 11.1. The molecule has 0 bridgehead atoms. The molecule has 0 saturated carbocycles. The number of amides is 1. The Bertz CT molecular complexity index is 638. The van der Waals surface area contributed by atoms with Crippen molar-refractivity contribution in [1.29, 1.82) is 0 Å². The zero-order valence-electron chi connectivity index (χ0n) is 11.1. The second-order valence-corrected chi connectivity index (χ2v) is 5.16. The van der Waals surface area contributed by atoms with Crippen LogP contribution in [0, 0.1) is 5.82 Å². The van der Waals surface area contributed by atoms with Gasteiger partial charge in [0, 0.05) is 6.04 Å². The van der Waals surface area contributed by atoms with Crippen molar-refractivity contribution in [3.8, 4) is 0 Å². The average Bonchev–Trinajstić information content (AvgIpc) is 2.47. The second kappa shape index (κ2) is 5.45. The maximum absolute atomic E-state index is 13.6. The lowest BCUT2D eigenvalue weighted by Crippen LogP contribution is -2.39. The summed E-state index contributed by atoms with van der Waals surface area (Å²) < 4.78 is 13.6. The van der Waals surface area contributed by atoms with Crippen LogP contribution in [0.15, 0.2) is 48.5 Å². The third-order valence-electron chi connectivity index (χ3n) is 3.80. The molecule has 102 valence electrons. The van der Waals surface area contributed by atoms with E-state index in [1.807, 2.05) is 12.1 Å². The number of carbonyl (C=O) groups excluding carboxylic acids is 1. The van der Waals surface area contributed by atoms with Gasteiger partial charge in [-0.1, -0.05) is 36.4 Å². The van der Waals surface area contributed by atoms with Gasteiger partial charge in [-0.05, 0) is 42.5 Å². The molecule has 1 atom stereocenters. The molecule has 0 spiro atoms. The molecule has 20 heavy (non-hydrogen) atoms. The van der Waals surface area contributed by atoms with Crippen molar-refractivity contribution < 1.29 is 9.18 Å². The fraction of sp³-hybridized carbons (Fsp3) is 0.235. The van der Waals surface area contributed by atoms with Gasteiger partial charge in [-0.15, -0.1) is 0 Å². The summed E-state index contributed by atoms with van der Waals surface area (Å²) in [5.41, 5.74) is 2.74. The molecule has 1 unspecified atom stereocenters. The van der Waals surface area contributed by atoms with E-state index in [0.717, 1.165) is 19.3 Å². The minimum absolute atomic E-state index is 0.0806. The van der Waals surface area contributed by atoms with Crippen molar-refractivity contribution in [3.63, 3.8) is 0 Å². The summed E-state index contributed by atoms with van der Waals surface area (Å²) >= 11 is 0. The van der Waals surface area contributed by atoms with Gasteiger partial charge in [0.25, 0.3) is 5.91 Å². The molecule has 2 aromatic carbocycles. The van der Waals surface area contributed by atoms with Gasteiger partial charge >= 0.3 is 0 Å². The van der Waals surface area contributed by atoms with Crippen LogP contribution in [0.25, 0.3) is 0 Å². The maximum atomic E-state index is 13.6. The normalized spacial score (nSPS) is 17.4. The Morgan fingerprint density at radius 1 is 1.05 bits per heavy atom. The van der Waals surface area contributed by atoms with E-state index >= 15 is 0 Å². The van der Waals surface area contributed by atoms with Gasteiger partial charge in [-0.2, -0.15) is 0 Å². The number of carbonyl (C=O) groups is 1. The lowest BCUT2D eigenvalue weighted by molar-refractivity contribution is 0.0929. The minimum atomic E-state index is -0.471. The van der Waals surface area contributed by atoms with E-state index in [0.29, 0.717) is 0 Å². The van der Waals surface area contributed by atoms with Gasteiger partial charge in [0.2, 0.25) is 0 Å². The quantitative estimate of drug-likeness (QED) is 0.891. The predicted octanol–water partition coefficient (Wildman–Crippen LogP) is 3.11. The number of benzene rings is 2. The summed E-state index contributed by atoms with van der Waals surface area (Å²) in [7, 11) is 0. The first-order chi connectivity index (χ1) is 9.74. The molecule has 1 N–H and O–H groups in total. The van der Waals surface area contributed by atoms with Crippen LogP contribution < -0.4 is 5.32 Å². The Kier molecular flexibility index (Phi) is 3.50. The van der Waals surface area contributed by atoms with Gasteiger partial charge in [-0.25, -0.2) is 4.39 Å². The molecule has 2 aromatic rings. The number of hydrogen-bond donors (Lipinski definition) is 1. The van der Waals surface area contributed by atoms with E-state index in [1.165, 1.54) is 23.3 Å². The van der Waals surface area contributed by atoms with E-state index in [2.05, 4.69) is 17.4 Å². The first-order valence-electron chi connectivity index (χ1n) is 6.86. The molecule has 1 amide bonds. The van der Waals surface area contributed by atoms with Crippen LogP contribution in [0.2, 0.25) is 0 Å². The summed E-state index contributed by atoms with van der Waals surface area (Å²) in [5.74, 6) is -0.798. The second-order valence-electron chi connectivity index (χ2n) is 5.16. The SMILES string of the molecule is O=C(NC1CCc2ccccc2C1)c1ccccc1F. The molecule has 3 heteroatoms. The third kappa shape index (κ3) is 2.57. The summed E-state index contributed by atoms with van der Waals surface area (Å²) in [4.78, 5) is 12.1. The average molecular weight is 269 g/mol. The first kappa shape index (κ1) is 12.9. The van der Waals surface area contributed by atoms with Gasteiger partial charge < -0.3 is 5.32 Å². The molecule has 0 aliphatic heterocycles. The largest absolute Gasteiger partial charge is 0.349 e. The van der Waals surface area contributed by atoms with Crippen molar-refractivity contribution >= 4 is 5.91 Å². The van der Waals surface area contributed by atoms with E-state index in [4.69, 9.17) is 0 Å². The highest BCUT2D eigenvalue weighted by molar-refractivity contribution is 5.94. The van der Waals surface area contributed by atoms with Gasteiger partial charge in [0.05, 0.1) is 5.56 Å². The molecular formula is C17H16FNO. The third-order valence-corrected chi connectivity index (χ3v) is 3.80. The summed E-state index contributed by atoms with van der Waals surface area (Å²) in [5, 5.41) is 2.94. The number of rotatable bonds is 2. The van der Waals surface area contributed by atoms with E-state index < -0.39 is 5.82 Å².